The van der Waals surface area contributed by atoms with Crippen LogP contribution in [0.1, 0.15) is 21.5 Å². The van der Waals surface area contributed by atoms with Gasteiger partial charge in [-0.05, 0) is 42.0 Å². The minimum Gasteiger partial charge on any atom is -0.497 e. The Labute approximate surface area is 184 Å². The van der Waals surface area contributed by atoms with Gasteiger partial charge in [0.25, 0.3) is 0 Å². The number of esters is 1. The third kappa shape index (κ3) is 6.27. The lowest BCUT2D eigenvalue weighted by atomic mass is 10.2. The van der Waals surface area contributed by atoms with Crippen molar-refractivity contribution in [1.29, 1.82) is 0 Å². The lowest BCUT2D eigenvalue weighted by Crippen LogP contribution is -2.37. The molecule has 3 rings (SSSR count). The largest absolute Gasteiger partial charge is 0.497 e. The lowest BCUT2D eigenvalue weighted by molar-refractivity contribution is -0.139. The van der Waals surface area contributed by atoms with E-state index in [0.717, 1.165) is 5.56 Å². The lowest BCUT2D eigenvalue weighted by Gasteiger charge is -2.08. The van der Waals surface area contributed by atoms with Gasteiger partial charge in [-0.2, -0.15) is 5.10 Å². The minimum absolute atomic E-state index is 0.223. The molecule has 162 valence electrons. The number of hydrazone groups is 1. The Morgan fingerprint density at radius 1 is 0.875 bits per heavy atom. The van der Waals surface area contributed by atoms with Crippen LogP contribution >= 0.6 is 0 Å². The Morgan fingerprint density at radius 2 is 1.56 bits per heavy atom. The number of carbonyl (C=O) groups excluding carboxylic acids is 3. The summed E-state index contributed by atoms with van der Waals surface area (Å²) in [4.78, 5) is 36.2. The van der Waals surface area contributed by atoms with E-state index in [4.69, 9.17) is 9.47 Å². The molecule has 2 amide bonds. The standard InChI is InChI=1S/C24H21N3O5/c1-31-20-13-11-18(12-14-20)24(30)32-21-10-6-5-9-19(21)16-26-27-23(29)22(28)25-15-17-7-3-2-4-8-17/h2-14,16H,15H2,1H3,(H,25,28)(H,27,29)/b26-16+. The van der Waals surface area contributed by atoms with E-state index in [1.54, 1.807) is 48.5 Å². The fourth-order valence-electron chi connectivity index (χ4n) is 2.64. The van der Waals surface area contributed by atoms with Gasteiger partial charge < -0.3 is 14.8 Å². The van der Waals surface area contributed by atoms with Crippen LogP contribution in [0.4, 0.5) is 0 Å². The molecule has 0 unspecified atom stereocenters. The van der Waals surface area contributed by atoms with Gasteiger partial charge in [-0.25, -0.2) is 10.2 Å². The number of nitrogens with one attached hydrogen (secondary N) is 2. The topological polar surface area (TPSA) is 106 Å². The molecule has 0 aliphatic carbocycles. The first kappa shape index (κ1) is 22.2. The molecular formula is C24H21N3O5. The quantitative estimate of drug-likeness (QED) is 0.197. The van der Waals surface area contributed by atoms with Crippen molar-refractivity contribution < 1.29 is 23.9 Å². The summed E-state index contributed by atoms with van der Waals surface area (Å²) in [7, 11) is 1.54. The van der Waals surface area contributed by atoms with Crippen LogP contribution in [0.5, 0.6) is 11.5 Å². The fraction of sp³-hybridized carbons (Fsp3) is 0.0833. The highest BCUT2D eigenvalue weighted by molar-refractivity contribution is 6.35. The first-order valence-electron chi connectivity index (χ1n) is 9.67. The summed E-state index contributed by atoms with van der Waals surface area (Å²) in [5.41, 5.74) is 3.81. The summed E-state index contributed by atoms with van der Waals surface area (Å²) >= 11 is 0. The number of amides is 2. The van der Waals surface area contributed by atoms with Gasteiger partial charge in [-0.1, -0.05) is 42.5 Å². The van der Waals surface area contributed by atoms with Gasteiger partial charge in [-0.15, -0.1) is 0 Å². The molecule has 3 aromatic rings. The molecule has 0 aliphatic rings. The van der Waals surface area contributed by atoms with Gasteiger partial charge >= 0.3 is 17.8 Å². The smallest absolute Gasteiger partial charge is 0.343 e. The van der Waals surface area contributed by atoms with Crippen LogP contribution in [0.2, 0.25) is 0 Å². The Hall–Kier alpha value is -4.46. The monoisotopic (exact) mass is 431 g/mol. The van der Waals surface area contributed by atoms with Crippen molar-refractivity contribution in [2.24, 2.45) is 5.10 Å². The highest BCUT2D eigenvalue weighted by atomic mass is 16.5. The second-order valence-electron chi connectivity index (χ2n) is 6.52. The number of rotatable bonds is 7. The van der Waals surface area contributed by atoms with Crippen molar-refractivity contribution in [1.82, 2.24) is 10.7 Å². The number of hydrogen-bond donors (Lipinski definition) is 2. The minimum atomic E-state index is -0.912. The molecule has 32 heavy (non-hydrogen) atoms. The Balaban J connectivity index is 1.57. The number of para-hydroxylation sites is 1. The molecular weight excluding hydrogens is 410 g/mol. The van der Waals surface area contributed by atoms with Crippen molar-refractivity contribution >= 4 is 24.0 Å². The SMILES string of the molecule is COc1ccc(C(=O)Oc2ccccc2/C=N/NC(=O)C(=O)NCc2ccccc2)cc1. The van der Waals surface area contributed by atoms with E-state index < -0.39 is 17.8 Å². The van der Waals surface area contributed by atoms with Crippen molar-refractivity contribution in [3.8, 4) is 11.5 Å². The predicted molar refractivity (Wildman–Crippen MR) is 118 cm³/mol. The van der Waals surface area contributed by atoms with Gasteiger partial charge in [0.05, 0.1) is 18.9 Å². The van der Waals surface area contributed by atoms with Gasteiger partial charge in [0, 0.05) is 12.1 Å². The third-order valence-corrected chi connectivity index (χ3v) is 4.32. The number of ether oxygens (including phenoxy) is 2. The summed E-state index contributed by atoms with van der Waals surface area (Å²) in [5.74, 6) is -1.41. The summed E-state index contributed by atoms with van der Waals surface area (Å²) in [6.07, 6.45) is 1.29. The maximum Gasteiger partial charge on any atom is 0.343 e. The maximum absolute atomic E-state index is 12.4. The van der Waals surface area contributed by atoms with Crippen LogP contribution < -0.4 is 20.2 Å². The van der Waals surface area contributed by atoms with E-state index in [-0.39, 0.29) is 12.3 Å². The zero-order chi connectivity index (χ0) is 22.8. The zero-order valence-corrected chi connectivity index (χ0v) is 17.3. The molecule has 0 bridgehead atoms. The predicted octanol–water partition coefficient (Wildman–Crippen LogP) is 2.68. The van der Waals surface area contributed by atoms with Crippen LogP contribution in [0, 0.1) is 0 Å². The highest BCUT2D eigenvalue weighted by Gasteiger charge is 2.13. The Morgan fingerprint density at radius 3 is 2.28 bits per heavy atom. The van der Waals surface area contributed by atoms with E-state index in [0.29, 0.717) is 16.9 Å². The second-order valence-corrected chi connectivity index (χ2v) is 6.52. The molecule has 2 N–H and O–H groups in total. The summed E-state index contributed by atoms with van der Waals surface area (Å²) in [5, 5.41) is 6.30. The first-order chi connectivity index (χ1) is 15.6. The maximum atomic E-state index is 12.4. The Bertz CT molecular complexity index is 1110. The van der Waals surface area contributed by atoms with Crippen molar-refractivity contribution in [3.63, 3.8) is 0 Å². The van der Waals surface area contributed by atoms with Gasteiger partial charge in [0.2, 0.25) is 0 Å². The third-order valence-electron chi connectivity index (χ3n) is 4.32. The molecule has 0 radical (unpaired) electrons. The number of nitrogens with zero attached hydrogens (tertiary/aromatic N) is 1. The molecule has 3 aromatic carbocycles. The molecule has 0 atom stereocenters. The molecule has 0 saturated carbocycles. The molecule has 0 fully saturated rings. The summed E-state index contributed by atoms with van der Waals surface area (Å²) in [6, 6.07) is 22.4. The summed E-state index contributed by atoms with van der Waals surface area (Å²) < 4.78 is 10.5. The Kier molecular flexibility index (Phi) is 7.69. The molecule has 8 nitrogen and oxygen atoms in total. The van der Waals surface area contributed by atoms with Crippen LogP contribution in [0.15, 0.2) is 84.0 Å². The van der Waals surface area contributed by atoms with Crippen molar-refractivity contribution in [2.45, 2.75) is 6.54 Å². The fourth-order valence-corrected chi connectivity index (χ4v) is 2.64. The number of carbonyl (C=O) groups is 3. The number of hydrogen-bond acceptors (Lipinski definition) is 6. The molecule has 8 heteroatoms. The van der Waals surface area contributed by atoms with E-state index in [9.17, 15) is 14.4 Å². The van der Waals surface area contributed by atoms with Gasteiger partial charge in [0.1, 0.15) is 11.5 Å². The molecule has 0 aliphatic heterocycles. The average molecular weight is 431 g/mol. The highest BCUT2D eigenvalue weighted by Crippen LogP contribution is 2.19. The molecule has 0 heterocycles. The first-order valence-corrected chi connectivity index (χ1v) is 9.67. The normalized spacial score (nSPS) is 10.4. The zero-order valence-electron chi connectivity index (χ0n) is 17.3. The number of methoxy groups -OCH3 is 1. The van der Waals surface area contributed by atoms with Crippen molar-refractivity contribution in [2.75, 3.05) is 7.11 Å². The van der Waals surface area contributed by atoms with Crippen LogP contribution in [-0.2, 0) is 16.1 Å². The average Bonchev–Trinajstić information content (AvgIpc) is 2.84. The van der Waals surface area contributed by atoms with Gasteiger partial charge in [-0.3, -0.25) is 9.59 Å². The van der Waals surface area contributed by atoms with Gasteiger partial charge in [0.15, 0.2) is 0 Å². The summed E-state index contributed by atoms with van der Waals surface area (Å²) in [6.45, 7) is 0.223. The van der Waals surface area contributed by atoms with Crippen molar-refractivity contribution in [3.05, 3.63) is 95.6 Å². The molecule has 0 saturated heterocycles. The van der Waals surface area contributed by atoms with E-state index >= 15 is 0 Å². The van der Waals surface area contributed by atoms with E-state index in [1.807, 2.05) is 30.3 Å². The van der Waals surface area contributed by atoms with E-state index in [1.165, 1.54) is 13.3 Å². The van der Waals surface area contributed by atoms with Crippen LogP contribution in [-0.4, -0.2) is 31.1 Å². The van der Waals surface area contributed by atoms with Crippen LogP contribution in [0.25, 0.3) is 0 Å². The molecule has 0 aromatic heterocycles. The van der Waals surface area contributed by atoms with Crippen LogP contribution in [0.3, 0.4) is 0 Å². The second kappa shape index (κ2) is 11.1. The van der Waals surface area contributed by atoms with E-state index in [2.05, 4.69) is 15.8 Å². The number of benzene rings is 3. The molecule has 0 spiro atoms.